The molecule has 0 aromatic heterocycles. The van der Waals surface area contributed by atoms with Crippen LogP contribution in [0.5, 0.6) is 11.5 Å². The Labute approximate surface area is 350 Å². The average molecular weight is 908 g/mol. The van der Waals surface area contributed by atoms with E-state index in [1.165, 1.54) is 16.9 Å². The summed E-state index contributed by atoms with van der Waals surface area (Å²) in [6.07, 6.45) is 2.39. The number of nitrogens with one attached hydrogen (secondary N) is 1. The minimum Gasteiger partial charge on any atom is -0.503 e. The van der Waals surface area contributed by atoms with Crippen LogP contribution in [0.3, 0.4) is 0 Å². The number of imide groups is 2. The van der Waals surface area contributed by atoms with E-state index < -0.39 is 46.8 Å². The van der Waals surface area contributed by atoms with Gasteiger partial charge in [-0.25, -0.2) is 4.90 Å². The molecule has 9 nitrogen and oxygen atoms in total. The highest BCUT2D eigenvalue weighted by atomic mass is 79.9. The normalized spacial score (nSPS) is 25.2. The summed E-state index contributed by atoms with van der Waals surface area (Å²) < 4.78 is 6.42. The monoisotopic (exact) mass is 905 g/mol. The number of para-hydroxylation sites is 1. The van der Waals surface area contributed by atoms with Crippen LogP contribution < -0.4 is 19.9 Å². The number of benzene rings is 5. The quantitative estimate of drug-likeness (QED) is 0.124. The fraction of sp³-hybridized carbons (Fsp3) is 0.200. The van der Waals surface area contributed by atoms with E-state index in [4.69, 9.17) is 16.3 Å². The van der Waals surface area contributed by atoms with Crippen molar-refractivity contribution in [3.05, 3.63) is 152 Å². The van der Waals surface area contributed by atoms with Crippen molar-refractivity contribution < 1.29 is 29.0 Å². The second kappa shape index (κ2) is 14.3. The molecule has 2 heterocycles. The first-order chi connectivity index (χ1) is 27.6. The van der Waals surface area contributed by atoms with E-state index in [1.807, 2.05) is 78.9 Å². The third-order valence-corrected chi connectivity index (χ3v) is 14.5. The number of allylic oxidation sites excluding steroid dienone is 2. The van der Waals surface area contributed by atoms with Gasteiger partial charge in [-0.3, -0.25) is 24.1 Å². The van der Waals surface area contributed by atoms with Crippen molar-refractivity contribution in [3.8, 4) is 11.5 Å². The Balaban J connectivity index is 1.20. The SMILES string of the molecule is COc1cc(C2C3=CCC4C(=O)N(c5ccc(Nc6ccccc6)cc5)C(=O)C4C3CC3C(=O)N(c4cccc(Cl)c4)C(=O)C32c2ccccc2)c(Br)c(Br)c1O. The number of halogens is 3. The molecular formula is C45H34Br2ClN3O6. The van der Waals surface area contributed by atoms with Crippen LogP contribution in [0.15, 0.2) is 136 Å². The summed E-state index contributed by atoms with van der Waals surface area (Å²) >= 11 is 13.7. The van der Waals surface area contributed by atoms with Gasteiger partial charge in [0.1, 0.15) is 0 Å². The summed E-state index contributed by atoms with van der Waals surface area (Å²) in [5.41, 5.74) is 2.96. The van der Waals surface area contributed by atoms with Gasteiger partial charge in [-0.15, -0.1) is 0 Å². The van der Waals surface area contributed by atoms with E-state index in [0.29, 0.717) is 36.5 Å². The second-order valence-corrected chi connectivity index (χ2v) is 16.8. The molecule has 12 heteroatoms. The number of fused-ring (bicyclic) bond motifs is 4. The van der Waals surface area contributed by atoms with Gasteiger partial charge in [-0.2, -0.15) is 0 Å². The van der Waals surface area contributed by atoms with Gasteiger partial charge in [0.25, 0.3) is 0 Å². The predicted octanol–water partition coefficient (Wildman–Crippen LogP) is 9.69. The molecule has 2 aliphatic heterocycles. The molecule has 2 saturated heterocycles. The highest BCUT2D eigenvalue weighted by Crippen LogP contribution is 2.66. The third-order valence-electron chi connectivity index (χ3n) is 12.1. The molecule has 5 aromatic carbocycles. The van der Waals surface area contributed by atoms with Gasteiger partial charge in [0.2, 0.25) is 23.6 Å². The summed E-state index contributed by atoms with van der Waals surface area (Å²) in [7, 11) is 1.44. The number of nitrogens with zero attached hydrogens (tertiary/aromatic N) is 2. The molecule has 4 amide bonds. The van der Waals surface area contributed by atoms with Crippen LogP contribution in [0.1, 0.15) is 29.9 Å². The van der Waals surface area contributed by atoms with E-state index in [9.17, 15) is 14.7 Å². The summed E-state index contributed by atoms with van der Waals surface area (Å²) in [6, 6.07) is 34.5. The van der Waals surface area contributed by atoms with E-state index in [2.05, 4.69) is 37.2 Å². The van der Waals surface area contributed by atoms with Crippen molar-refractivity contribution >= 4 is 89.8 Å². The fourth-order valence-electron chi connectivity index (χ4n) is 9.70. The van der Waals surface area contributed by atoms with Crippen LogP contribution >= 0.6 is 43.5 Å². The summed E-state index contributed by atoms with van der Waals surface area (Å²) in [4.78, 5) is 62.3. The zero-order chi connectivity index (χ0) is 39.7. The molecule has 286 valence electrons. The standard InChI is InChI=1S/C45H34Br2ClN3O6/c1-57-35-23-33(38(46)39(47)40(35)52)37-30-19-20-31-36(43(55)50(41(31)53)28-17-15-27(16-18-28)49-26-12-6-3-7-13-26)32(30)22-34-42(54)51(29-14-8-11-25(48)21-29)44(56)45(34,37)24-9-4-2-5-10-24/h2-19,21,23,31-32,34,36-37,49,52H,20,22H2,1H3. The molecule has 6 unspecified atom stereocenters. The van der Waals surface area contributed by atoms with Gasteiger partial charge in [-0.05, 0) is 122 Å². The van der Waals surface area contributed by atoms with Gasteiger partial charge in [0.05, 0.1) is 46.1 Å². The van der Waals surface area contributed by atoms with Crippen molar-refractivity contribution in [2.75, 3.05) is 22.2 Å². The maximum Gasteiger partial charge on any atom is 0.246 e. The Bertz CT molecular complexity index is 2520. The van der Waals surface area contributed by atoms with E-state index in [1.54, 1.807) is 42.5 Å². The number of methoxy groups -OCH3 is 1. The van der Waals surface area contributed by atoms with E-state index in [-0.39, 0.29) is 36.2 Å². The Morgan fingerprint density at radius 1 is 0.754 bits per heavy atom. The number of phenolic OH excluding ortho intramolecular Hbond substituents is 1. The summed E-state index contributed by atoms with van der Waals surface area (Å²) in [5, 5.41) is 14.8. The average Bonchev–Trinajstić information content (AvgIpc) is 3.62. The molecule has 2 aliphatic carbocycles. The van der Waals surface area contributed by atoms with Gasteiger partial charge >= 0.3 is 0 Å². The van der Waals surface area contributed by atoms with Crippen LogP contribution in [-0.4, -0.2) is 35.8 Å². The molecule has 1 saturated carbocycles. The van der Waals surface area contributed by atoms with Crippen LogP contribution in [0.25, 0.3) is 0 Å². The maximum atomic E-state index is 15.6. The predicted molar refractivity (Wildman–Crippen MR) is 225 cm³/mol. The van der Waals surface area contributed by atoms with Crippen LogP contribution in [-0.2, 0) is 24.6 Å². The number of rotatable bonds is 7. The first kappa shape index (κ1) is 37.4. The topological polar surface area (TPSA) is 116 Å². The number of ether oxygens (including phenoxy) is 1. The molecule has 0 spiro atoms. The van der Waals surface area contributed by atoms with Crippen LogP contribution in [0.4, 0.5) is 22.7 Å². The van der Waals surface area contributed by atoms with Gasteiger partial charge in [0.15, 0.2) is 11.5 Å². The zero-order valence-corrected chi connectivity index (χ0v) is 34.3. The van der Waals surface area contributed by atoms with E-state index >= 15 is 9.59 Å². The lowest BCUT2D eigenvalue weighted by Crippen LogP contribution is -2.53. The molecule has 3 fully saturated rings. The zero-order valence-electron chi connectivity index (χ0n) is 30.4. The Morgan fingerprint density at radius 2 is 1.44 bits per heavy atom. The van der Waals surface area contributed by atoms with Gasteiger partial charge < -0.3 is 15.2 Å². The lowest BCUT2D eigenvalue weighted by atomic mass is 9.49. The highest BCUT2D eigenvalue weighted by Gasteiger charge is 2.70. The van der Waals surface area contributed by atoms with Gasteiger partial charge in [-0.1, -0.05) is 77.8 Å². The number of aromatic hydroxyl groups is 1. The molecular weight excluding hydrogens is 874 g/mol. The Hall–Kier alpha value is -5.23. The Kier molecular flexibility index (Phi) is 9.37. The number of carbonyl (C=O) groups is 4. The first-order valence-corrected chi connectivity index (χ1v) is 20.5. The number of amides is 4. The minimum atomic E-state index is -1.51. The smallest absolute Gasteiger partial charge is 0.246 e. The molecule has 6 atom stereocenters. The van der Waals surface area contributed by atoms with Crippen LogP contribution in [0.2, 0.25) is 5.02 Å². The lowest BCUT2D eigenvalue weighted by molar-refractivity contribution is -0.127. The van der Waals surface area contributed by atoms with Crippen molar-refractivity contribution in [3.63, 3.8) is 0 Å². The molecule has 0 radical (unpaired) electrons. The lowest BCUT2D eigenvalue weighted by Gasteiger charge is -2.51. The molecule has 4 aliphatic rings. The second-order valence-electron chi connectivity index (χ2n) is 14.8. The largest absolute Gasteiger partial charge is 0.503 e. The first-order valence-electron chi connectivity index (χ1n) is 18.5. The summed E-state index contributed by atoms with van der Waals surface area (Å²) in [6.45, 7) is 0. The van der Waals surface area contributed by atoms with Crippen molar-refractivity contribution in [1.82, 2.24) is 0 Å². The number of hydrogen-bond donors (Lipinski definition) is 2. The number of phenols is 1. The van der Waals surface area contributed by atoms with Crippen molar-refractivity contribution in [2.45, 2.75) is 24.2 Å². The summed E-state index contributed by atoms with van der Waals surface area (Å²) in [5.74, 6) is -5.34. The molecule has 0 bridgehead atoms. The highest BCUT2D eigenvalue weighted by molar-refractivity contribution is 9.13. The third kappa shape index (κ3) is 5.68. The van der Waals surface area contributed by atoms with Crippen molar-refractivity contribution in [1.29, 1.82) is 0 Å². The van der Waals surface area contributed by atoms with Crippen LogP contribution in [0, 0.1) is 23.7 Å². The molecule has 57 heavy (non-hydrogen) atoms. The fourth-order valence-corrected chi connectivity index (χ4v) is 10.8. The number of carbonyl (C=O) groups excluding carboxylic acids is 4. The molecule has 5 aromatic rings. The van der Waals surface area contributed by atoms with Gasteiger partial charge in [0, 0.05) is 26.8 Å². The number of anilines is 4. The Morgan fingerprint density at radius 3 is 2.12 bits per heavy atom. The minimum absolute atomic E-state index is 0.140. The van der Waals surface area contributed by atoms with E-state index in [0.717, 1.165) is 16.9 Å². The van der Waals surface area contributed by atoms with Crippen molar-refractivity contribution in [2.24, 2.45) is 23.7 Å². The maximum absolute atomic E-state index is 15.6. The molecule has 9 rings (SSSR count). The molecule has 2 N–H and O–H groups in total. The number of hydrogen-bond acceptors (Lipinski definition) is 7.